The SMILES string of the molecule is CCN(CC)c1nccc(N/N=C/c2cc(Cl)cc(Br)c2O)n1. The molecule has 6 nitrogen and oxygen atoms in total. The Labute approximate surface area is 148 Å². The minimum Gasteiger partial charge on any atom is -0.506 e. The highest BCUT2D eigenvalue weighted by Gasteiger charge is 2.07. The highest BCUT2D eigenvalue weighted by molar-refractivity contribution is 9.10. The van der Waals surface area contributed by atoms with Crippen LogP contribution in [-0.4, -0.2) is 34.4 Å². The van der Waals surface area contributed by atoms with Crippen LogP contribution in [0.15, 0.2) is 34.0 Å². The van der Waals surface area contributed by atoms with E-state index in [1.807, 2.05) is 18.7 Å². The van der Waals surface area contributed by atoms with Crippen molar-refractivity contribution in [2.45, 2.75) is 13.8 Å². The van der Waals surface area contributed by atoms with Crippen molar-refractivity contribution >= 4 is 45.5 Å². The highest BCUT2D eigenvalue weighted by Crippen LogP contribution is 2.30. The first-order valence-corrected chi connectivity index (χ1v) is 8.27. The molecule has 0 atom stereocenters. The molecule has 2 rings (SSSR count). The molecule has 122 valence electrons. The van der Waals surface area contributed by atoms with Gasteiger partial charge in [0.05, 0.1) is 10.7 Å². The van der Waals surface area contributed by atoms with Gasteiger partial charge in [0.15, 0.2) is 5.82 Å². The van der Waals surface area contributed by atoms with Gasteiger partial charge in [-0.3, -0.25) is 5.43 Å². The molecular weight excluding hydrogens is 382 g/mol. The lowest BCUT2D eigenvalue weighted by atomic mass is 10.2. The van der Waals surface area contributed by atoms with Crippen LogP contribution in [0.4, 0.5) is 11.8 Å². The molecule has 2 N–H and O–H groups in total. The maximum atomic E-state index is 9.94. The van der Waals surface area contributed by atoms with Crippen LogP contribution in [0.3, 0.4) is 0 Å². The Morgan fingerprint density at radius 3 is 2.83 bits per heavy atom. The van der Waals surface area contributed by atoms with E-state index >= 15 is 0 Å². The average molecular weight is 399 g/mol. The van der Waals surface area contributed by atoms with E-state index in [2.05, 4.69) is 36.4 Å². The largest absolute Gasteiger partial charge is 0.506 e. The van der Waals surface area contributed by atoms with Crippen molar-refractivity contribution in [1.29, 1.82) is 0 Å². The molecule has 0 spiro atoms. The van der Waals surface area contributed by atoms with Crippen LogP contribution in [0, 0.1) is 0 Å². The van der Waals surface area contributed by atoms with Crippen molar-refractivity contribution < 1.29 is 5.11 Å². The molecule has 0 bridgehead atoms. The fraction of sp³-hybridized carbons (Fsp3) is 0.267. The van der Waals surface area contributed by atoms with E-state index in [1.54, 1.807) is 24.4 Å². The molecule has 0 amide bonds. The monoisotopic (exact) mass is 397 g/mol. The molecule has 0 saturated heterocycles. The predicted molar refractivity (Wildman–Crippen MR) is 97.6 cm³/mol. The first-order valence-electron chi connectivity index (χ1n) is 7.10. The third-order valence-corrected chi connectivity index (χ3v) is 3.95. The van der Waals surface area contributed by atoms with Gasteiger partial charge in [0, 0.05) is 35.9 Å². The van der Waals surface area contributed by atoms with E-state index in [9.17, 15) is 5.11 Å². The summed E-state index contributed by atoms with van der Waals surface area (Å²) in [7, 11) is 0. The first kappa shape index (κ1) is 17.5. The number of hydrazone groups is 1. The van der Waals surface area contributed by atoms with Gasteiger partial charge < -0.3 is 10.0 Å². The number of aromatic nitrogens is 2. The van der Waals surface area contributed by atoms with E-state index in [1.165, 1.54) is 6.21 Å². The minimum absolute atomic E-state index is 0.0754. The Balaban J connectivity index is 2.13. The zero-order chi connectivity index (χ0) is 16.8. The number of phenols is 1. The van der Waals surface area contributed by atoms with Crippen molar-refractivity contribution in [3.05, 3.63) is 39.5 Å². The number of nitrogens with zero attached hydrogens (tertiary/aromatic N) is 4. The first-order chi connectivity index (χ1) is 11.0. The van der Waals surface area contributed by atoms with Gasteiger partial charge in [-0.1, -0.05) is 11.6 Å². The van der Waals surface area contributed by atoms with Gasteiger partial charge in [0.2, 0.25) is 5.95 Å². The molecule has 0 fully saturated rings. The van der Waals surface area contributed by atoms with Crippen molar-refractivity contribution in [2.24, 2.45) is 5.10 Å². The number of benzene rings is 1. The molecule has 0 unspecified atom stereocenters. The number of aromatic hydroxyl groups is 1. The maximum absolute atomic E-state index is 9.94. The van der Waals surface area contributed by atoms with Gasteiger partial charge in [0.25, 0.3) is 0 Å². The Kier molecular flexibility index (Phi) is 6.18. The second kappa shape index (κ2) is 8.12. The van der Waals surface area contributed by atoms with E-state index < -0.39 is 0 Å². The summed E-state index contributed by atoms with van der Waals surface area (Å²) in [5, 5.41) is 14.5. The Hall–Kier alpha value is -1.86. The molecule has 0 aliphatic rings. The van der Waals surface area contributed by atoms with Crippen LogP contribution in [0.5, 0.6) is 5.75 Å². The Bertz CT molecular complexity index is 706. The van der Waals surface area contributed by atoms with Crippen molar-refractivity contribution in [1.82, 2.24) is 9.97 Å². The quantitative estimate of drug-likeness (QED) is 0.570. The minimum atomic E-state index is 0.0754. The Morgan fingerprint density at radius 2 is 2.13 bits per heavy atom. The van der Waals surface area contributed by atoms with Gasteiger partial charge in [-0.15, -0.1) is 0 Å². The number of hydrogen-bond acceptors (Lipinski definition) is 6. The van der Waals surface area contributed by atoms with Crippen LogP contribution in [0.25, 0.3) is 0 Å². The third-order valence-electron chi connectivity index (χ3n) is 3.13. The van der Waals surface area contributed by atoms with Gasteiger partial charge in [-0.05, 0) is 41.9 Å². The number of rotatable bonds is 6. The standard InChI is InChI=1S/C15H17BrClN5O/c1-3-22(4-2)15-18-6-5-13(20-15)21-19-9-10-7-11(17)8-12(16)14(10)23/h5-9,23H,3-4H2,1-2H3,(H,18,20,21)/b19-9+. The number of hydrogen-bond donors (Lipinski definition) is 2. The molecule has 1 heterocycles. The number of halogens is 2. The molecule has 0 radical (unpaired) electrons. The topological polar surface area (TPSA) is 73.6 Å². The van der Waals surface area contributed by atoms with Crippen LogP contribution < -0.4 is 10.3 Å². The molecule has 23 heavy (non-hydrogen) atoms. The lowest BCUT2D eigenvalue weighted by molar-refractivity contribution is 0.471. The predicted octanol–water partition coefficient (Wildman–Crippen LogP) is 3.89. The Morgan fingerprint density at radius 1 is 1.39 bits per heavy atom. The molecule has 1 aromatic carbocycles. The lowest BCUT2D eigenvalue weighted by Gasteiger charge is -2.18. The summed E-state index contributed by atoms with van der Waals surface area (Å²) in [6, 6.07) is 4.95. The molecule has 0 aliphatic carbocycles. The van der Waals surface area contributed by atoms with Crippen LogP contribution >= 0.6 is 27.5 Å². The molecule has 0 saturated carbocycles. The van der Waals surface area contributed by atoms with Crippen LogP contribution in [-0.2, 0) is 0 Å². The van der Waals surface area contributed by atoms with E-state index in [-0.39, 0.29) is 5.75 Å². The summed E-state index contributed by atoms with van der Waals surface area (Å²) in [5.74, 6) is 1.29. The second-order valence-corrected chi connectivity index (χ2v) is 5.90. The number of phenolic OH excluding ortho intramolecular Hbond substituents is 1. The van der Waals surface area contributed by atoms with Crippen molar-refractivity contribution in [3.63, 3.8) is 0 Å². The zero-order valence-corrected chi connectivity index (χ0v) is 15.1. The second-order valence-electron chi connectivity index (χ2n) is 4.61. The highest BCUT2D eigenvalue weighted by atomic mass is 79.9. The van der Waals surface area contributed by atoms with Gasteiger partial charge >= 0.3 is 0 Å². The maximum Gasteiger partial charge on any atom is 0.227 e. The summed E-state index contributed by atoms with van der Waals surface area (Å²) >= 11 is 9.19. The van der Waals surface area contributed by atoms with Crippen LogP contribution in [0.1, 0.15) is 19.4 Å². The lowest BCUT2D eigenvalue weighted by Crippen LogP contribution is -2.24. The summed E-state index contributed by atoms with van der Waals surface area (Å²) in [6.07, 6.45) is 3.15. The summed E-state index contributed by atoms with van der Waals surface area (Å²) < 4.78 is 0.511. The van der Waals surface area contributed by atoms with Crippen molar-refractivity contribution in [3.8, 4) is 5.75 Å². The molecule has 1 aromatic heterocycles. The van der Waals surface area contributed by atoms with E-state index in [4.69, 9.17) is 11.6 Å². The summed E-state index contributed by atoms with van der Waals surface area (Å²) in [5.41, 5.74) is 3.32. The van der Waals surface area contributed by atoms with E-state index in [0.717, 1.165) is 13.1 Å². The molecule has 0 aliphatic heterocycles. The van der Waals surface area contributed by atoms with E-state index in [0.29, 0.717) is 26.8 Å². The molecular formula is C15H17BrClN5O. The van der Waals surface area contributed by atoms with Crippen molar-refractivity contribution in [2.75, 3.05) is 23.4 Å². The fourth-order valence-corrected chi connectivity index (χ4v) is 2.76. The average Bonchev–Trinajstić information content (AvgIpc) is 2.53. The fourth-order valence-electron chi connectivity index (χ4n) is 1.92. The number of anilines is 2. The summed E-state index contributed by atoms with van der Waals surface area (Å²) in [4.78, 5) is 10.7. The van der Waals surface area contributed by atoms with Gasteiger partial charge in [-0.2, -0.15) is 10.1 Å². The van der Waals surface area contributed by atoms with Gasteiger partial charge in [-0.25, -0.2) is 4.98 Å². The normalized spacial score (nSPS) is 11.0. The van der Waals surface area contributed by atoms with Gasteiger partial charge in [0.1, 0.15) is 5.75 Å². The molecule has 2 aromatic rings. The number of nitrogens with one attached hydrogen (secondary N) is 1. The zero-order valence-electron chi connectivity index (χ0n) is 12.8. The van der Waals surface area contributed by atoms with Crippen LogP contribution in [0.2, 0.25) is 5.02 Å². The summed E-state index contributed by atoms with van der Waals surface area (Å²) in [6.45, 7) is 5.75. The molecule has 8 heteroatoms. The third kappa shape index (κ3) is 4.56. The smallest absolute Gasteiger partial charge is 0.227 e.